The van der Waals surface area contributed by atoms with E-state index in [9.17, 15) is 5.11 Å². The fraction of sp³-hybridized carbons (Fsp3) is 0.474. The second kappa shape index (κ2) is 8.22. The summed E-state index contributed by atoms with van der Waals surface area (Å²) < 4.78 is 0. The lowest BCUT2D eigenvalue weighted by Gasteiger charge is -2.35. The molecule has 0 radical (unpaired) electrons. The number of aryl methyl sites for hydroxylation is 1. The minimum absolute atomic E-state index is 0.225. The highest BCUT2D eigenvalue weighted by Gasteiger charge is 2.25. The van der Waals surface area contributed by atoms with Gasteiger partial charge in [0.1, 0.15) is 12.1 Å². The van der Waals surface area contributed by atoms with E-state index in [1.165, 1.54) is 5.56 Å². The van der Waals surface area contributed by atoms with E-state index in [0.29, 0.717) is 12.5 Å². The number of rotatable bonds is 6. The summed E-state index contributed by atoms with van der Waals surface area (Å²) in [4.78, 5) is 10.8. The summed E-state index contributed by atoms with van der Waals surface area (Å²) in [6, 6.07) is 12.3. The fourth-order valence-electron chi connectivity index (χ4n) is 3.38. The Labute approximate surface area is 143 Å². The minimum Gasteiger partial charge on any atom is -0.393 e. The Kier molecular flexibility index (Phi) is 5.77. The Morgan fingerprint density at radius 2 is 1.92 bits per heavy atom. The number of nitrogens with zero attached hydrogens (tertiary/aromatic N) is 3. The molecule has 1 atom stereocenters. The summed E-state index contributed by atoms with van der Waals surface area (Å²) in [6.45, 7) is 2.28. The molecule has 128 valence electrons. The van der Waals surface area contributed by atoms with Gasteiger partial charge in [0.25, 0.3) is 0 Å². The van der Waals surface area contributed by atoms with Crippen LogP contribution in [-0.2, 0) is 13.0 Å². The normalized spacial score (nSPS) is 17.0. The van der Waals surface area contributed by atoms with E-state index in [-0.39, 0.29) is 6.10 Å². The minimum atomic E-state index is -0.225. The van der Waals surface area contributed by atoms with Crippen molar-refractivity contribution in [1.82, 2.24) is 9.97 Å². The van der Waals surface area contributed by atoms with Gasteiger partial charge in [0.2, 0.25) is 0 Å². The first-order valence-corrected chi connectivity index (χ1v) is 8.74. The second-order valence-corrected chi connectivity index (χ2v) is 6.49. The molecule has 24 heavy (non-hydrogen) atoms. The first kappa shape index (κ1) is 16.9. The molecule has 2 aromatic rings. The van der Waals surface area contributed by atoms with Gasteiger partial charge in [0.05, 0.1) is 11.8 Å². The third kappa shape index (κ3) is 4.30. The van der Waals surface area contributed by atoms with Crippen molar-refractivity contribution in [2.24, 2.45) is 11.7 Å². The van der Waals surface area contributed by atoms with Crippen molar-refractivity contribution < 1.29 is 5.11 Å². The molecule has 3 N–H and O–H groups in total. The summed E-state index contributed by atoms with van der Waals surface area (Å²) in [5, 5.41) is 10.5. The summed E-state index contributed by atoms with van der Waals surface area (Å²) >= 11 is 0. The van der Waals surface area contributed by atoms with Crippen molar-refractivity contribution in [2.75, 3.05) is 18.0 Å². The highest BCUT2D eigenvalue weighted by molar-refractivity contribution is 5.39. The predicted molar refractivity (Wildman–Crippen MR) is 95.6 cm³/mol. The lowest BCUT2D eigenvalue weighted by Crippen LogP contribution is -2.38. The Balaban J connectivity index is 1.49. The number of hydrogen-bond donors (Lipinski definition) is 2. The molecule has 0 bridgehead atoms. The number of anilines is 1. The molecule has 0 aliphatic carbocycles. The van der Waals surface area contributed by atoms with Gasteiger partial charge >= 0.3 is 0 Å². The molecule has 1 aromatic carbocycles. The van der Waals surface area contributed by atoms with E-state index >= 15 is 0 Å². The first-order valence-electron chi connectivity index (χ1n) is 8.74. The molecular weight excluding hydrogens is 300 g/mol. The molecule has 0 spiro atoms. The topological polar surface area (TPSA) is 75.3 Å². The van der Waals surface area contributed by atoms with Crippen molar-refractivity contribution in [3.63, 3.8) is 0 Å². The second-order valence-electron chi connectivity index (χ2n) is 6.49. The van der Waals surface area contributed by atoms with Crippen molar-refractivity contribution in [3.05, 3.63) is 54.0 Å². The van der Waals surface area contributed by atoms with E-state index in [0.717, 1.165) is 50.3 Å². The van der Waals surface area contributed by atoms with Gasteiger partial charge in [-0.15, -0.1) is 0 Å². The Hall–Kier alpha value is -1.98. The predicted octanol–water partition coefficient (Wildman–Crippen LogP) is 2.15. The van der Waals surface area contributed by atoms with Crippen LogP contribution in [0, 0.1) is 5.92 Å². The van der Waals surface area contributed by atoms with Crippen molar-refractivity contribution in [1.29, 1.82) is 0 Å². The maximum Gasteiger partial charge on any atom is 0.132 e. The molecule has 3 rings (SSSR count). The fourth-order valence-corrected chi connectivity index (χ4v) is 3.38. The summed E-state index contributed by atoms with van der Waals surface area (Å²) in [5.74, 6) is 1.32. The number of nitrogens with two attached hydrogens (primary N) is 1. The van der Waals surface area contributed by atoms with Crippen LogP contribution < -0.4 is 10.6 Å². The van der Waals surface area contributed by atoms with E-state index in [2.05, 4.69) is 39.1 Å². The number of aromatic nitrogens is 2. The van der Waals surface area contributed by atoms with Gasteiger partial charge in [-0.05, 0) is 37.2 Å². The Bertz CT molecular complexity index is 626. The average molecular weight is 326 g/mol. The lowest BCUT2D eigenvalue weighted by atomic mass is 9.88. The Morgan fingerprint density at radius 3 is 2.62 bits per heavy atom. The molecule has 1 aliphatic rings. The highest BCUT2D eigenvalue weighted by atomic mass is 16.3. The molecule has 0 amide bonds. The van der Waals surface area contributed by atoms with Crippen LogP contribution in [0.5, 0.6) is 0 Å². The number of benzene rings is 1. The number of aliphatic hydroxyl groups excluding tert-OH is 1. The maximum atomic E-state index is 10.5. The molecular formula is C19H26N4O. The quantitative estimate of drug-likeness (QED) is 0.851. The van der Waals surface area contributed by atoms with Gasteiger partial charge in [0, 0.05) is 25.7 Å². The third-order valence-electron chi connectivity index (χ3n) is 4.90. The smallest absolute Gasteiger partial charge is 0.132 e. The molecule has 1 fully saturated rings. The van der Waals surface area contributed by atoms with Gasteiger partial charge in [-0.25, -0.2) is 9.97 Å². The number of aliphatic hydroxyl groups is 1. The summed E-state index contributed by atoms with van der Waals surface area (Å²) in [5.41, 5.74) is 7.81. The summed E-state index contributed by atoms with van der Waals surface area (Å²) in [7, 11) is 0. The molecule has 5 heteroatoms. The van der Waals surface area contributed by atoms with Crippen LogP contribution in [0.3, 0.4) is 0 Å². The largest absolute Gasteiger partial charge is 0.393 e. The number of hydrogen-bond acceptors (Lipinski definition) is 5. The van der Waals surface area contributed by atoms with Crippen LogP contribution in [0.25, 0.3) is 0 Å². The van der Waals surface area contributed by atoms with Gasteiger partial charge in [-0.2, -0.15) is 0 Å². The van der Waals surface area contributed by atoms with Crippen LogP contribution in [0.1, 0.15) is 30.5 Å². The van der Waals surface area contributed by atoms with Gasteiger partial charge < -0.3 is 15.7 Å². The molecule has 2 heterocycles. The molecule has 0 saturated carbocycles. The van der Waals surface area contributed by atoms with Crippen molar-refractivity contribution in [3.8, 4) is 0 Å². The summed E-state index contributed by atoms with van der Waals surface area (Å²) in [6.07, 6.45) is 5.12. The molecule has 1 unspecified atom stereocenters. The van der Waals surface area contributed by atoms with E-state index in [4.69, 9.17) is 5.73 Å². The zero-order chi connectivity index (χ0) is 16.8. The van der Waals surface area contributed by atoms with Crippen molar-refractivity contribution >= 4 is 5.82 Å². The molecule has 5 nitrogen and oxygen atoms in total. The lowest BCUT2D eigenvalue weighted by molar-refractivity contribution is 0.0849. The van der Waals surface area contributed by atoms with Crippen LogP contribution in [0.2, 0.25) is 0 Å². The highest BCUT2D eigenvalue weighted by Crippen LogP contribution is 2.26. The zero-order valence-electron chi connectivity index (χ0n) is 14.0. The van der Waals surface area contributed by atoms with E-state index in [1.54, 1.807) is 6.33 Å². The SMILES string of the molecule is NCc1cc(N2CCC(C(O)CCc3ccccc3)CC2)ncn1. The Morgan fingerprint density at radius 1 is 1.17 bits per heavy atom. The van der Waals surface area contributed by atoms with E-state index < -0.39 is 0 Å². The van der Waals surface area contributed by atoms with Crippen LogP contribution in [0.4, 0.5) is 5.82 Å². The van der Waals surface area contributed by atoms with Crippen molar-refractivity contribution in [2.45, 2.75) is 38.3 Å². The third-order valence-corrected chi connectivity index (χ3v) is 4.90. The zero-order valence-corrected chi connectivity index (χ0v) is 14.0. The maximum absolute atomic E-state index is 10.5. The van der Waals surface area contributed by atoms with Gasteiger partial charge in [0.15, 0.2) is 0 Å². The van der Waals surface area contributed by atoms with E-state index in [1.807, 2.05) is 12.1 Å². The monoisotopic (exact) mass is 326 g/mol. The standard InChI is InChI=1S/C19H26N4O/c20-13-17-12-19(22-14-21-17)23-10-8-16(9-11-23)18(24)7-6-15-4-2-1-3-5-15/h1-5,12,14,16,18,24H,6-11,13,20H2. The molecule has 1 saturated heterocycles. The van der Waals surface area contributed by atoms with Crippen LogP contribution >= 0.6 is 0 Å². The molecule has 1 aliphatic heterocycles. The van der Waals surface area contributed by atoms with Crippen LogP contribution in [0.15, 0.2) is 42.7 Å². The molecule has 1 aromatic heterocycles. The van der Waals surface area contributed by atoms with Gasteiger partial charge in [-0.3, -0.25) is 0 Å². The number of piperidine rings is 1. The van der Waals surface area contributed by atoms with Gasteiger partial charge in [-0.1, -0.05) is 30.3 Å². The average Bonchev–Trinajstić information content (AvgIpc) is 2.67. The van der Waals surface area contributed by atoms with Crippen LogP contribution in [-0.4, -0.2) is 34.3 Å². The first-order chi connectivity index (χ1) is 11.8.